The number of nitrogen functional groups attached to an aromatic ring is 1. The average molecular weight is 358 g/mol. The highest BCUT2D eigenvalue weighted by atomic mass is 79.9. The maximum Gasteiger partial charge on any atom is 0.233 e. The maximum atomic E-state index is 5.69. The zero-order valence-corrected chi connectivity index (χ0v) is 12.2. The molecule has 0 saturated heterocycles. The lowest BCUT2D eigenvalue weighted by Crippen LogP contribution is -1.93. The Morgan fingerprint density at radius 3 is 2.59 bits per heavy atom. The van der Waals surface area contributed by atoms with Gasteiger partial charge >= 0.3 is 0 Å². The highest BCUT2D eigenvalue weighted by Gasteiger charge is 2.07. The van der Waals surface area contributed by atoms with E-state index in [1.165, 1.54) is 0 Å². The number of aryl methyl sites for hydroxylation is 1. The van der Waals surface area contributed by atoms with E-state index >= 15 is 0 Å². The van der Waals surface area contributed by atoms with E-state index in [0.29, 0.717) is 17.3 Å². The lowest BCUT2D eigenvalue weighted by Gasteiger charge is -2.09. The number of anilines is 1. The van der Waals surface area contributed by atoms with Gasteiger partial charge in [-0.3, -0.25) is 0 Å². The fourth-order valence-electron chi connectivity index (χ4n) is 1.31. The first-order valence-electron chi connectivity index (χ1n) is 4.91. The van der Waals surface area contributed by atoms with Gasteiger partial charge in [0.25, 0.3) is 0 Å². The molecule has 0 aliphatic carbocycles. The third kappa shape index (κ3) is 2.98. The van der Waals surface area contributed by atoms with Crippen LogP contribution in [0.3, 0.4) is 0 Å². The molecule has 88 valence electrons. The van der Waals surface area contributed by atoms with E-state index in [-0.39, 0.29) is 0 Å². The first-order valence-corrected chi connectivity index (χ1v) is 6.50. The molecule has 2 rings (SSSR count). The van der Waals surface area contributed by atoms with Crippen molar-refractivity contribution in [1.29, 1.82) is 0 Å². The first kappa shape index (κ1) is 12.4. The Balaban J connectivity index is 2.31. The minimum Gasteiger partial charge on any atom is -0.437 e. The summed E-state index contributed by atoms with van der Waals surface area (Å²) in [6, 6.07) is 7.61. The summed E-state index contributed by atoms with van der Waals surface area (Å²) in [5, 5.41) is 0. The van der Waals surface area contributed by atoms with Gasteiger partial charge in [0.05, 0.1) is 20.8 Å². The van der Waals surface area contributed by atoms with Crippen LogP contribution in [0, 0.1) is 6.92 Å². The van der Waals surface area contributed by atoms with Crippen molar-refractivity contribution in [3.8, 4) is 11.6 Å². The van der Waals surface area contributed by atoms with E-state index in [9.17, 15) is 0 Å². The maximum absolute atomic E-state index is 5.69. The summed E-state index contributed by atoms with van der Waals surface area (Å²) in [5.74, 6) is 1.21. The Labute approximate surface area is 116 Å². The summed E-state index contributed by atoms with van der Waals surface area (Å²) in [7, 11) is 0. The zero-order valence-electron chi connectivity index (χ0n) is 9.08. The van der Waals surface area contributed by atoms with Crippen LogP contribution in [0.25, 0.3) is 0 Å². The molecule has 2 aromatic rings. The van der Waals surface area contributed by atoms with E-state index in [1.807, 2.05) is 25.1 Å². The van der Waals surface area contributed by atoms with Crippen LogP contribution in [0.15, 0.2) is 39.4 Å². The molecule has 1 heterocycles. The molecular weight excluding hydrogens is 348 g/mol. The van der Waals surface area contributed by atoms with Crippen molar-refractivity contribution in [3.05, 3.63) is 45.0 Å². The average Bonchev–Trinajstić information content (AvgIpc) is 2.25. The minimum absolute atomic E-state index is 0.490. The van der Waals surface area contributed by atoms with Crippen molar-refractivity contribution in [2.75, 3.05) is 5.73 Å². The van der Waals surface area contributed by atoms with Crippen LogP contribution >= 0.6 is 31.9 Å². The van der Waals surface area contributed by atoms with Gasteiger partial charge in [0, 0.05) is 0 Å². The number of halogens is 2. The molecule has 0 bridgehead atoms. The highest BCUT2D eigenvalue weighted by molar-refractivity contribution is 9.11. The number of aromatic nitrogens is 1. The van der Waals surface area contributed by atoms with E-state index in [4.69, 9.17) is 10.5 Å². The minimum atomic E-state index is 0.490. The van der Waals surface area contributed by atoms with Gasteiger partial charge in [-0.2, -0.15) is 0 Å². The molecule has 17 heavy (non-hydrogen) atoms. The molecule has 5 heteroatoms. The van der Waals surface area contributed by atoms with Crippen LogP contribution < -0.4 is 10.5 Å². The Morgan fingerprint density at radius 2 is 1.94 bits per heavy atom. The number of hydrogen-bond donors (Lipinski definition) is 1. The van der Waals surface area contributed by atoms with Crippen LogP contribution in [0.2, 0.25) is 0 Å². The summed E-state index contributed by atoms with van der Waals surface area (Å²) in [5.41, 5.74) is 7.36. The summed E-state index contributed by atoms with van der Waals surface area (Å²) >= 11 is 6.81. The zero-order chi connectivity index (χ0) is 12.4. The predicted molar refractivity (Wildman–Crippen MR) is 75.3 cm³/mol. The molecule has 0 aliphatic heterocycles. The first-order chi connectivity index (χ1) is 8.06. The predicted octanol–water partition coefficient (Wildman–Crippen LogP) is 4.29. The lowest BCUT2D eigenvalue weighted by molar-refractivity contribution is 0.457. The Morgan fingerprint density at radius 1 is 1.18 bits per heavy atom. The van der Waals surface area contributed by atoms with Gasteiger partial charge in [0.2, 0.25) is 5.88 Å². The fourth-order valence-corrected chi connectivity index (χ4v) is 2.33. The largest absolute Gasteiger partial charge is 0.437 e. The Bertz CT molecular complexity index is 509. The number of nitrogens with two attached hydrogens (primary N) is 1. The van der Waals surface area contributed by atoms with Crippen molar-refractivity contribution in [1.82, 2.24) is 4.98 Å². The van der Waals surface area contributed by atoms with Gasteiger partial charge < -0.3 is 10.5 Å². The number of rotatable bonds is 2. The molecule has 0 fully saturated rings. The molecule has 2 N–H and O–H groups in total. The number of pyridine rings is 1. The number of ether oxygens (including phenoxy) is 1. The highest BCUT2D eigenvalue weighted by Crippen LogP contribution is 2.33. The fraction of sp³-hybridized carbons (Fsp3) is 0.0833. The second-order valence-electron chi connectivity index (χ2n) is 3.59. The molecule has 1 aromatic carbocycles. The third-order valence-corrected chi connectivity index (χ3v) is 3.31. The lowest BCUT2D eigenvalue weighted by atomic mass is 10.2. The second kappa shape index (κ2) is 5.06. The van der Waals surface area contributed by atoms with Crippen molar-refractivity contribution >= 4 is 37.5 Å². The molecule has 0 radical (unpaired) electrons. The molecule has 3 nitrogen and oxygen atoms in total. The van der Waals surface area contributed by atoms with E-state index in [1.54, 1.807) is 12.3 Å². The molecule has 0 amide bonds. The Hall–Kier alpha value is -1.07. The van der Waals surface area contributed by atoms with Gasteiger partial charge in [-0.25, -0.2) is 4.98 Å². The third-order valence-electron chi connectivity index (χ3n) is 2.12. The van der Waals surface area contributed by atoms with Crippen molar-refractivity contribution in [2.24, 2.45) is 0 Å². The number of benzene rings is 1. The van der Waals surface area contributed by atoms with Crippen molar-refractivity contribution < 1.29 is 4.74 Å². The van der Waals surface area contributed by atoms with Gasteiger partial charge in [0.15, 0.2) is 0 Å². The van der Waals surface area contributed by atoms with Gasteiger partial charge in [-0.1, -0.05) is 6.07 Å². The number of hydrogen-bond acceptors (Lipinski definition) is 3. The SMILES string of the molecule is Cc1ccc(Oc2ncc(N)cc2Br)c(Br)c1. The van der Waals surface area contributed by atoms with Crippen molar-refractivity contribution in [3.63, 3.8) is 0 Å². The van der Waals surface area contributed by atoms with Gasteiger partial charge in [-0.05, 0) is 62.5 Å². The topological polar surface area (TPSA) is 48.1 Å². The molecule has 0 aliphatic rings. The molecule has 0 saturated carbocycles. The van der Waals surface area contributed by atoms with Crippen molar-refractivity contribution in [2.45, 2.75) is 6.92 Å². The van der Waals surface area contributed by atoms with E-state index in [2.05, 4.69) is 36.8 Å². The standard InChI is InChI=1S/C12H10Br2N2O/c1-7-2-3-11(9(13)4-7)17-12-10(14)5-8(15)6-16-12/h2-6H,15H2,1H3. The molecule has 0 spiro atoms. The summed E-state index contributed by atoms with van der Waals surface area (Å²) in [4.78, 5) is 4.12. The summed E-state index contributed by atoms with van der Waals surface area (Å²) < 4.78 is 7.31. The van der Waals surface area contributed by atoms with Crippen LogP contribution in [0.1, 0.15) is 5.56 Å². The van der Waals surface area contributed by atoms with Crippen LogP contribution in [-0.2, 0) is 0 Å². The number of nitrogens with zero attached hydrogens (tertiary/aromatic N) is 1. The van der Waals surface area contributed by atoms with E-state index < -0.39 is 0 Å². The summed E-state index contributed by atoms with van der Waals surface area (Å²) in [6.07, 6.45) is 1.56. The van der Waals surface area contributed by atoms with Crippen LogP contribution in [-0.4, -0.2) is 4.98 Å². The smallest absolute Gasteiger partial charge is 0.233 e. The monoisotopic (exact) mass is 356 g/mol. The molecular formula is C12H10Br2N2O. The molecule has 0 unspecified atom stereocenters. The Kier molecular flexibility index (Phi) is 3.69. The summed E-state index contributed by atoms with van der Waals surface area (Å²) in [6.45, 7) is 2.02. The quantitative estimate of drug-likeness (QED) is 0.872. The van der Waals surface area contributed by atoms with E-state index in [0.717, 1.165) is 14.5 Å². The molecule has 0 atom stereocenters. The normalized spacial score (nSPS) is 10.3. The molecule has 1 aromatic heterocycles. The second-order valence-corrected chi connectivity index (χ2v) is 5.30. The van der Waals surface area contributed by atoms with Gasteiger partial charge in [0.1, 0.15) is 5.75 Å². The van der Waals surface area contributed by atoms with Crippen LogP contribution in [0.5, 0.6) is 11.6 Å². The van der Waals surface area contributed by atoms with Crippen LogP contribution in [0.4, 0.5) is 5.69 Å². The van der Waals surface area contributed by atoms with Gasteiger partial charge in [-0.15, -0.1) is 0 Å².